The molecule has 4 aromatic heterocycles. The van der Waals surface area contributed by atoms with E-state index in [0.717, 1.165) is 39.5 Å². The van der Waals surface area contributed by atoms with Gasteiger partial charge in [0, 0.05) is 75.8 Å². The van der Waals surface area contributed by atoms with Gasteiger partial charge in [-0.05, 0) is 151 Å². The average Bonchev–Trinajstić information content (AvgIpc) is 3.40. The Balaban J connectivity index is 0.829. The molecule has 0 aliphatic rings. The maximum atomic E-state index is 14.7. The first-order valence-electron chi connectivity index (χ1n) is 23.2. The Kier molecular flexibility index (Phi) is 13.0. The van der Waals surface area contributed by atoms with Crippen molar-refractivity contribution in [3.8, 4) is 33.6 Å². The molecule has 0 unspecified atom stereocenters. The summed E-state index contributed by atoms with van der Waals surface area (Å²) in [4.78, 5) is 58.9. The number of nitrogens with two attached hydrogens (primary N) is 1. The van der Waals surface area contributed by atoms with Crippen molar-refractivity contribution in [1.82, 2.24) is 29.1 Å². The van der Waals surface area contributed by atoms with Gasteiger partial charge in [0.05, 0.1) is 33.3 Å². The summed E-state index contributed by atoms with van der Waals surface area (Å²) in [6.45, 7) is 3.46. The van der Waals surface area contributed by atoms with Gasteiger partial charge < -0.3 is 21.7 Å². The van der Waals surface area contributed by atoms with Crippen LogP contribution in [-0.4, -0.2) is 35.0 Å². The monoisotopic (exact) mass is 1030 g/mol. The first kappa shape index (κ1) is 49.7. The highest BCUT2D eigenvalue weighted by atomic mass is 19.4. The molecule has 5 N–H and O–H groups in total. The van der Waals surface area contributed by atoms with Crippen molar-refractivity contribution in [3.63, 3.8) is 0 Å². The van der Waals surface area contributed by atoms with Crippen molar-refractivity contribution < 1.29 is 31.1 Å². The highest BCUT2D eigenvalue weighted by Gasteiger charge is 2.34. The van der Waals surface area contributed by atoms with Crippen LogP contribution in [0.3, 0.4) is 0 Å². The number of hydrogen-bond donors (Lipinski definition) is 4. The maximum absolute atomic E-state index is 14.7. The molecule has 0 radical (unpaired) electrons. The van der Waals surface area contributed by atoms with Crippen LogP contribution in [-0.2, 0) is 17.1 Å². The molecular formula is C57H40F6N10O3. The topological polar surface area (TPSA) is 175 Å². The first-order chi connectivity index (χ1) is 36.3. The maximum Gasteiger partial charge on any atom is 0.417 e. The molecule has 378 valence electrons. The van der Waals surface area contributed by atoms with Gasteiger partial charge in [0.15, 0.2) is 0 Å². The summed E-state index contributed by atoms with van der Waals surface area (Å²) in [7, 11) is 0. The Morgan fingerprint density at radius 1 is 0.579 bits per heavy atom. The number of nitrogens with zero attached hydrogens (tertiary/aromatic N) is 6. The summed E-state index contributed by atoms with van der Waals surface area (Å²) in [6.07, 6.45) is -1.46. The molecular weight excluding hydrogens is 987 g/mol. The second kappa shape index (κ2) is 19.8. The van der Waals surface area contributed by atoms with E-state index >= 15 is 0 Å². The number of nitrogen functional groups attached to an aromatic ring is 1. The van der Waals surface area contributed by atoms with Gasteiger partial charge in [0.25, 0.3) is 11.1 Å². The van der Waals surface area contributed by atoms with Gasteiger partial charge in [0.1, 0.15) is 0 Å². The van der Waals surface area contributed by atoms with Crippen LogP contribution in [0, 0.1) is 13.8 Å². The Morgan fingerprint density at radius 3 is 1.68 bits per heavy atom. The summed E-state index contributed by atoms with van der Waals surface area (Å²) in [6, 6.07) is 35.1. The van der Waals surface area contributed by atoms with Gasteiger partial charge >= 0.3 is 12.4 Å². The third kappa shape index (κ3) is 10.5. The van der Waals surface area contributed by atoms with E-state index < -0.39 is 40.5 Å². The molecule has 0 aliphatic heterocycles. The van der Waals surface area contributed by atoms with Gasteiger partial charge in [-0.1, -0.05) is 36.4 Å². The minimum Gasteiger partial charge on any atom is -0.399 e. The fraction of sp³-hybridized carbons (Fsp3) is 0.0702. The van der Waals surface area contributed by atoms with Crippen molar-refractivity contribution >= 4 is 68.4 Å². The lowest BCUT2D eigenvalue weighted by molar-refractivity contribution is -0.138. The molecule has 0 spiro atoms. The summed E-state index contributed by atoms with van der Waals surface area (Å²) >= 11 is 0. The number of aromatic nitrogens is 6. The average molecular weight is 1030 g/mol. The number of rotatable bonds is 11. The van der Waals surface area contributed by atoms with Gasteiger partial charge in [-0.3, -0.25) is 23.5 Å². The highest BCUT2D eigenvalue weighted by Crippen LogP contribution is 2.35. The van der Waals surface area contributed by atoms with E-state index in [2.05, 4.69) is 35.9 Å². The number of hydrogen-bond acceptors (Lipinski definition) is 10. The van der Waals surface area contributed by atoms with Crippen LogP contribution >= 0.6 is 0 Å². The number of benzene rings is 6. The van der Waals surface area contributed by atoms with E-state index in [4.69, 9.17) is 5.73 Å². The zero-order chi connectivity index (χ0) is 53.5. The summed E-state index contributed by atoms with van der Waals surface area (Å²) in [5, 5.41) is 10.0. The van der Waals surface area contributed by atoms with Crippen molar-refractivity contribution in [3.05, 3.63) is 219 Å². The number of amides is 1. The third-order valence-electron chi connectivity index (χ3n) is 12.4. The van der Waals surface area contributed by atoms with Crippen LogP contribution in [0.25, 0.3) is 61.5 Å². The molecule has 0 aliphatic carbocycles. The van der Waals surface area contributed by atoms with Gasteiger partial charge in [-0.2, -0.15) is 26.3 Å². The lowest BCUT2D eigenvalue weighted by Gasteiger charge is -2.15. The van der Waals surface area contributed by atoms with E-state index in [1.807, 2.05) is 6.07 Å². The molecule has 1 amide bonds. The van der Waals surface area contributed by atoms with Crippen LogP contribution in [0.2, 0.25) is 0 Å². The predicted molar refractivity (Wildman–Crippen MR) is 282 cm³/mol. The zero-order valence-corrected chi connectivity index (χ0v) is 40.0. The molecule has 0 fully saturated rings. The molecule has 10 rings (SSSR count). The van der Waals surface area contributed by atoms with Gasteiger partial charge in [-0.15, -0.1) is 0 Å². The Morgan fingerprint density at radius 2 is 1.12 bits per heavy atom. The van der Waals surface area contributed by atoms with E-state index in [9.17, 15) is 40.7 Å². The Hall–Kier alpha value is -9.91. The van der Waals surface area contributed by atoms with Crippen molar-refractivity contribution in [1.29, 1.82) is 0 Å². The van der Waals surface area contributed by atoms with Crippen LogP contribution in [0.1, 0.15) is 27.8 Å². The Labute approximate surface area is 427 Å². The molecule has 4 heterocycles. The minimum absolute atomic E-state index is 0.0427. The molecule has 0 saturated heterocycles. The second-order valence-electron chi connectivity index (χ2n) is 17.6. The van der Waals surface area contributed by atoms with Crippen molar-refractivity contribution in [2.24, 2.45) is 0 Å². The smallest absolute Gasteiger partial charge is 0.399 e. The first-order valence-corrected chi connectivity index (χ1v) is 23.2. The number of anilines is 6. The highest BCUT2D eigenvalue weighted by molar-refractivity contribution is 6.02. The quantitative estimate of drug-likeness (QED) is 0.0554. The normalized spacial score (nSPS) is 11.8. The molecule has 6 aromatic carbocycles. The third-order valence-corrected chi connectivity index (χ3v) is 12.4. The number of fused-ring (bicyclic) bond motifs is 2. The number of carbonyl (C=O) groups excluding carboxylic acids is 1. The molecule has 76 heavy (non-hydrogen) atoms. The predicted octanol–water partition coefficient (Wildman–Crippen LogP) is 12.6. The van der Waals surface area contributed by atoms with Crippen LogP contribution in [0.5, 0.6) is 0 Å². The number of carbonyl (C=O) groups is 1. The summed E-state index contributed by atoms with van der Waals surface area (Å²) in [5.74, 6) is -0.211. The van der Waals surface area contributed by atoms with E-state index in [1.165, 1.54) is 42.9 Å². The van der Waals surface area contributed by atoms with Gasteiger partial charge in [-0.25, -0.2) is 19.9 Å². The number of pyridine rings is 2. The van der Waals surface area contributed by atoms with Crippen LogP contribution in [0.4, 0.5) is 61.0 Å². The molecule has 19 heteroatoms. The number of halogens is 6. The molecule has 10 aromatic rings. The number of nitrogens with one attached hydrogen (secondary N) is 3. The number of alkyl halides is 6. The lowest BCUT2D eigenvalue weighted by atomic mass is 10.0. The minimum atomic E-state index is -4.86. The zero-order valence-electron chi connectivity index (χ0n) is 40.0. The van der Waals surface area contributed by atoms with Gasteiger partial charge in [0.2, 0.25) is 17.8 Å². The van der Waals surface area contributed by atoms with E-state index in [1.54, 1.807) is 111 Å². The largest absolute Gasteiger partial charge is 0.417 e. The van der Waals surface area contributed by atoms with E-state index in [0.29, 0.717) is 72.8 Å². The van der Waals surface area contributed by atoms with Crippen LogP contribution < -0.4 is 32.8 Å². The van der Waals surface area contributed by atoms with Crippen LogP contribution in [0.15, 0.2) is 180 Å². The molecule has 0 atom stereocenters. The standard InChI is InChI=1S/C57H40F6N10O3/c1-32-20-22-72(44-11-3-6-39(26-44)56(58,59)60)52(75)50(32)35-13-18-48-38(24-35)31-66-55(71-48)69-43-10-5-9-42(28-43)67-49(74)19-15-34-12-16-45(29-46(34)57(61,62)63)73-23-21-33(2)51(53(73)76)36-14-17-47-37(25-36)30-65-54(70-47)68-41-8-4-7-40(64)27-41/h3-31H,64H2,1-2H3,(H,67,74)(H,65,68,70)(H,66,69,71)/b19-15+. The summed E-state index contributed by atoms with van der Waals surface area (Å²) in [5.41, 5.74) is 8.50. The SMILES string of the molecule is Cc1ccn(-c2cccc(C(F)(F)F)c2)c(=O)c1-c1ccc2nc(Nc3cccc(NC(=O)/C=C/c4ccc(-n5ccc(C)c(-c6ccc7nc(Nc8cccc(N)c8)ncc7c6)c5=O)cc4C(F)(F)F)c3)ncc2c1. The van der Waals surface area contributed by atoms with Crippen molar-refractivity contribution in [2.45, 2.75) is 26.2 Å². The Bertz CT molecular complexity index is 4100. The fourth-order valence-electron chi connectivity index (χ4n) is 8.68. The fourth-order valence-corrected chi connectivity index (χ4v) is 8.68. The second-order valence-corrected chi connectivity index (χ2v) is 17.6. The van der Waals surface area contributed by atoms with E-state index in [-0.39, 0.29) is 34.0 Å². The molecule has 0 saturated carbocycles. The number of aryl methyl sites for hydroxylation is 2. The molecule has 13 nitrogen and oxygen atoms in total. The van der Waals surface area contributed by atoms with Crippen molar-refractivity contribution in [2.75, 3.05) is 21.7 Å². The summed E-state index contributed by atoms with van der Waals surface area (Å²) < 4.78 is 86.7. The lowest BCUT2D eigenvalue weighted by Crippen LogP contribution is -2.21. The molecule has 0 bridgehead atoms.